The summed E-state index contributed by atoms with van der Waals surface area (Å²) in [4.78, 5) is 2.56. The van der Waals surface area contributed by atoms with E-state index in [9.17, 15) is 0 Å². The molecule has 0 bridgehead atoms. The van der Waals surface area contributed by atoms with Crippen LogP contribution < -0.4 is 0 Å². The standard InChI is InChI=1S/C16H25N3O2/c1-18-9-13(8-17-18)10-19-6-7-20-16-14(19)4-5-15(16)21-11-12-2-3-12/h8-9,12,14-16H,2-7,10-11H2,1H3/t14-,15-,16+/m0/s1. The minimum absolute atomic E-state index is 0.272. The molecule has 3 fully saturated rings. The highest BCUT2D eigenvalue weighted by Gasteiger charge is 2.43. The van der Waals surface area contributed by atoms with Gasteiger partial charge in [-0.1, -0.05) is 0 Å². The maximum atomic E-state index is 6.13. The van der Waals surface area contributed by atoms with Crippen LogP contribution in [0.1, 0.15) is 31.2 Å². The molecule has 116 valence electrons. The highest BCUT2D eigenvalue weighted by molar-refractivity contribution is 5.06. The lowest BCUT2D eigenvalue weighted by Gasteiger charge is -2.38. The lowest BCUT2D eigenvalue weighted by Crippen LogP contribution is -2.51. The zero-order valence-electron chi connectivity index (χ0n) is 12.8. The Balaban J connectivity index is 1.38. The van der Waals surface area contributed by atoms with Gasteiger partial charge in [-0.15, -0.1) is 0 Å². The fourth-order valence-electron chi connectivity index (χ4n) is 3.70. The molecule has 0 radical (unpaired) electrons. The monoisotopic (exact) mass is 291 g/mol. The Labute approximate surface area is 126 Å². The summed E-state index contributed by atoms with van der Waals surface area (Å²) in [7, 11) is 1.98. The molecule has 21 heavy (non-hydrogen) atoms. The quantitative estimate of drug-likeness (QED) is 0.826. The Hall–Kier alpha value is -0.910. The molecule has 0 unspecified atom stereocenters. The predicted molar refractivity (Wildman–Crippen MR) is 78.8 cm³/mol. The molecular formula is C16H25N3O2. The predicted octanol–water partition coefficient (Wildman–Crippen LogP) is 1.58. The third-order valence-electron chi connectivity index (χ3n) is 5.04. The van der Waals surface area contributed by atoms with Gasteiger partial charge in [-0.25, -0.2) is 0 Å². The van der Waals surface area contributed by atoms with Gasteiger partial charge in [0.15, 0.2) is 0 Å². The van der Waals surface area contributed by atoms with E-state index in [4.69, 9.17) is 9.47 Å². The summed E-state index contributed by atoms with van der Waals surface area (Å²) in [6.45, 7) is 3.77. The van der Waals surface area contributed by atoms with Crippen molar-refractivity contribution in [3.05, 3.63) is 18.0 Å². The number of fused-ring (bicyclic) bond motifs is 1. The topological polar surface area (TPSA) is 39.5 Å². The fourth-order valence-corrected chi connectivity index (χ4v) is 3.70. The SMILES string of the molecule is Cn1cc(CN2CCO[C@H]3[C@@H](OCC4CC4)CC[C@@H]32)cn1. The van der Waals surface area contributed by atoms with Crippen LogP contribution in [0.5, 0.6) is 0 Å². The summed E-state index contributed by atoms with van der Waals surface area (Å²) in [6.07, 6.45) is 9.72. The number of rotatable bonds is 5. The first kappa shape index (κ1) is 13.7. The molecule has 1 saturated heterocycles. The Kier molecular flexibility index (Phi) is 3.73. The molecule has 0 spiro atoms. The average Bonchev–Trinajstić information content (AvgIpc) is 3.08. The van der Waals surface area contributed by atoms with Crippen LogP contribution in [-0.4, -0.2) is 52.7 Å². The van der Waals surface area contributed by atoms with Crippen molar-refractivity contribution < 1.29 is 9.47 Å². The van der Waals surface area contributed by atoms with Crippen LogP contribution in [0.15, 0.2) is 12.4 Å². The van der Waals surface area contributed by atoms with E-state index in [0.717, 1.165) is 38.6 Å². The van der Waals surface area contributed by atoms with Crippen molar-refractivity contribution in [2.75, 3.05) is 19.8 Å². The van der Waals surface area contributed by atoms with Crippen LogP contribution in [0, 0.1) is 5.92 Å². The number of morpholine rings is 1. The second kappa shape index (κ2) is 5.71. The molecule has 2 heterocycles. The maximum Gasteiger partial charge on any atom is 0.0992 e. The van der Waals surface area contributed by atoms with Gasteiger partial charge in [0.1, 0.15) is 0 Å². The Morgan fingerprint density at radius 1 is 1.33 bits per heavy atom. The van der Waals surface area contributed by atoms with Crippen molar-refractivity contribution in [2.24, 2.45) is 13.0 Å². The van der Waals surface area contributed by atoms with Gasteiger partial charge in [0.25, 0.3) is 0 Å². The molecular weight excluding hydrogens is 266 g/mol. The Bertz CT molecular complexity index is 486. The summed E-state index contributed by atoms with van der Waals surface area (Å²) in [5.41, 5.74) is 1.29. The molecule has 5 nitrogen and oxygen atoms in total. The van der Waals surface area contributed by atoms with Gasteiger partial charge in [-0.2, -0.15) is 5.10 Å². The van der Waals surface area contributed by atoms with Gasteiger partial charge < -0.3 is 9.47 Å². The minimum atomic E-state index is 0.272. The minimum Gasteiger partial charge on any atom is -0.375 e. The van der Waals surface area contributed by atoms with Crippen molar-refractivity contribution in [1.29, 1.82) is 0 Å². The number of aryl methyl sites for hydroxylation is 1. The molecule has 0 amide bonds. The van der Waals surface area contributed by atoms with E-state index in [-0.39, 0.29) is 6.10 Å². The zero-order chi connectivity index (χ0) is 14.2. The molecule has 0 N–H and O–H groups in total. The van der Waals surface area contributed by atoms with Gasteiger partial charge in [0.2, 0.25) is 0 Å². The van der Waals surface area contributed by atoms with Gasteiger partial charge in [-0.3, -0.25) is 9.58 Å². The molecule has 5 heteroatoms. The number of ether oxygens (including phenoxy) is 2. The van der Waals surface area contributed by atoms with Crippen LogP contribution in [0.3, 0.4) is 0 Å². The van der Waals surface area contributed by atoms with E-state index in [0.29, 0.717) is 12.1 Å². The second-order valence-corrected chi connectivity index (χ2v) is 6.79. The molecule has 1 aliphatic heterocycles. The summed E-state index contributed by atoms with van der Waals surface area (Å²) in [5, 5.41) is 4.27. The van der Waals surface area contributed by atoms with Crippen molar-refractivity contribution >= 4 is 0 Å². The van der Waals surface area contributed by atoms with E-state index in [1.807, 2.05) is 17.9 Å². The highest BCUT2D eigenvalue weighted by Crippen LogP contribution is 2.35. The molecule has 2 saturated carbocycles. The van der Waals surface area contributed by atoms with Gasteiger partial charge >= 0.3 is 0 Å². The van der Waals surface area contributed by atoms with Crippen molar-refractivity contribution in [3.8, 4) is 0 Å². The summed E-state index contributed by atoms with van der Waals surface area (Å²) < 4.78 is 14.1. The van der Waals surface area contributed by atoms with E-state index >= 15 is 0 Å². The van der Waals surface area contributed by atoms with E-state index < -0.39 is 0 Å². The molecule has 1 aromatic rings. The Morgan fingerprint density at radius 2 is 2.24 bits per heavy atom. The average molecular weight is 291 g/mol. The normalized spacial score (nSPS) is 33.3. The van der Waals surface area contributed by atoms with Crippen LogP contribution in [0.4, 0.5) is 0 Å². The van der Waals surface area contributed by atoms with E-state index in [1.165, 1.54) is 24.8 Å². The van der Waals surface area contributed by atoms with Gasteiger partial charge in [0.05, 0.1) is 25.0 Å². The second-order valence-electron chi connectivity index (χ2n) is 6.79. The smallest absolute Gasteiger partial charge is 0.0992 e. The molecule has 4 rings (SSSR count). The first-order valence-corrected chi connectivity index (χ1v) is 8.24. The first-order valence-electron chi connectivity index (χ1n) is 8.24. The van der Waals surface area contributed by atoms with Crippen LogP contribution in [0.2, 0.25) is 0 Å². The first-order chi connectivity index (χ1) is 10.3. The maximum absolute atomic E-state index is 6.13. The molecule has 3 atom stereocenters. The van der Waals surface area contributed by atoms with Gasteiger partial charge in [0, 0.05) is 44.5 Å². The fraction of sp³-hybridized carbons (Fsp3) is 0.812. The third kappa shape index (κ3) is 3.00. The summed E-state index contributed by atoms with van der Waals surface area (Å²) in [6, 6.07) is 0.517. The van der Waals surface area contributed by atoms with Gasteiger partial charge in [-0.05, 0) is 31.6 Å². The summed E-state index contributed by atoms with van der Waals surface area (Å²) in [5.74, 6) is 0.833. The number of hydrogen-bond acceptors (Lipinski definition) is 4. The van der Waals surface area contributed by atoms with Crippen LogP contribution in [-0.2, 0) is 23.1 Å². The third-order valence-corrected chi connectivity index (χ3v) is 5.04. The number of hydrogen-bond donors (Lipinski definition) is 0. The van der Waals surface area contributed by atoms with Crippen molar-refractivity contribution in [2.45, 2.75) is 50.5 Å². The Morgan fingerprint density at radius 3 is 3.00 bits per heavy atom. The van der Waals surface area contributed by atoms with Crippen molar-refractivity contribution in [1.82, 2.24) is 14.7 Å². The largest absolute Gasteiger partial charge is 0.375 e. The zero-order valence-corrected chi connectivity index (χ0v) is 12.8. The molecule has 0 aromatic carbocycles. The lowest BCUT2D eigenvalue weighted by molar-refractivity contribution is -0.116. The molecule has 3 aliphatic rings. The molecule has 2 aliphatic carbocycles. The summed E-state index contributed by atoms with van der Waals surface area (Å²) >= 11 is 0. The van der Waals surface area contributed by atoms with E-state index in [2.05, 4.69) is 16.2 Å². The molecule has 1 aromatic heterocycles. The number of aromatic nitrogens is 2. The van der Waals surface area contributed by atoms with Crippen LogP contribution in [0.25, 0.3) is 0 Å². The van der Waals surface area contributed by atoms with Crippen LogP contribution >= 0.6 is 0 Å². The van der Waals surface area contributed by atoms with Crippen molar-refractivity contribution in [3.63, 3.8) is 0 Å². The lowest BCUT2D eigenvalue weighted by atomic mass is 10.1. The van der Waals surface area contributed by atoms with E-state index in [1.54, 1.807) is 0 Å². The number of nitrogens with zero attached hydrogens (tertiary/aromatic N) is 3. The highest BCUT2D eigenvalue weighted by atomic mass is 16.5.